The van der Waals surface area contributed by atoms with Crippen LogP contribution in [0.2, 0.25) is 0 Å². The number of nitrogens with one attached hydrogen (secondary N) is 1. The van der Waals surface area contributed by atoms with Crippen molar-refractivity contribution in [3.05, 3.63) is 10.1 Å². The van der Waals surface area contributed by atoms with Crippen LogP contribution in [-0.2, 0) is 0 Å². The Kier molecular flexibility index (Phi) is 1.21. The molecule has 5 nitrogen and oxygen atoms in total. The molecule has 1 aliphatic heterocycles. The second-order valence-corrected chi connectivity index (χ2v) is 1.33. The number of rotatable bonds is 1. The summed E-state index contributed by atoms with van der Waals surface area (Å²) >= 11 is 0. The van der Waals surface area contributed by atoms with Crippen LogP contribution < -0.4 is 5.32 Å². The molecule has 0 saturated heterocycles. The van der Waals surface area contributed by atoms with Gasteiger partial charge in [-0.2, -0.15) is 4.99 Å². The molecule has 5 heteroatoms. The summed E-state index contributed by atoms with van der Waals surface area (Å²) < 4.78 is 0. The van der Waals surface area contributed by atoms with E-state index in [0.29, 0.717) is 6.54 Å². The third-order valence-electron chi connectivity index (χ3n) is 0.777. The van der Waals surface area contributed by atoms with E-state index in [4.69, 9.17) is 0 Å². The summed E-state index contributed by atoms with van der Waals surface area (Å²) in [6, 6.07) is 0. The van der Waals surface area contributed by atoms with Crippen molar-refractivity contribution < 1.29 is 4.92 Å². The summed E-state index contributed by atoms with van der Waals surface area (Å²) in [5, 5.41) is 12.3. The van der Waals surface area contributed by atoms with Gasteiger partial charge in [0.25, 0.3) is 0 Å². The fraction of sp³-hybridized carbons (Fsp3) is 0.667. The van der Waals surface area contributed by atoms with E-state index in [1.54, 1.807) is 0 Å². The molecule has 43 valence electrons. The monoisotopic (exact) mass is 114 g/mol. The van der Waals surface area contributed by atoms with Crippen LogP contribution in [0.15, 0.2) is 4.99 Å². The van der Waals surface area contributed by atoms with E-state index in [2.05, 4.69) is 16.5 Å². The Hall–Kier alpha value is -0.970. The van der Waals surface area contributed by atoms with Gasteiger partial charge in [0.05, 0.1) is 11.1 Å². The average molecular weight is 114 g/mol. The Morgan fingerprint density at radius 1 is 2.00 bits per heavy atom. The highest BCUT2D eigenvalue weighted by Crippen LogP contribution is 1.89. The van der Waals surface area contributed by atoms with Crippen molar-refractivity contribution in [2.75, 3.05) is 6.54 Å². The second kappa shape index (κ2) is 1.87. The molecule has 0 amide bonds. The lowest BCUT2D eigenvalue weighted by Crippen LogP contribution is -2.29. The lowest BCUT2D eigenvalue weighted by Gasteiger charge is -1.94. The summed E-state index contributed by atoms with van der Waals surface area (Å²) in [6.07, 6.45) is 1.48. The zero-order chi connectivity index (χ0) is 5.98. The van der Waals surface area contributed by atoms with Gasteiger partial charge in [0.1, 0.15) is 0 Å². The lowest BCUT2D eigenvalue weighted by atomic mass is 10.8. The minimum absolute atomic E-state index is 0.381. The third kappa shape index (κ3) is 0.812. The van der Waals surface area contributed by atoms with Gasteiger partial charge in [-0.1, -0.05) is 0 Å². The van der Waals surface area contributed by atoms with Gasteiger partial charge in [0, 0.05) is 6.54 Å². The lowest BCUT2D eigenvalue weighted by molar-refractivity contribution is -0.525. The third-order valence-corrected chi connectivity index (χ3v) is 0.777. The molecule has 8 heavy (non-hydrogen) atoms. The van der Waals surface area contributed by atoms with Crippen LogP contribution >= 0.6 is 0 Å². The number of nitrogens with zero attached hydrogens (tertiary/aromatic N) is 2. The summed E-state index contributed by atoms with van der Waals surface area (Å²) in [6.45, 7) is 0.381. The molecule has 1 heterocycles. The molecule has 1 atom stereocenters. The quantitative estimate of drug-likeness (QED) is 0.354. The average Bonchev–Trinajstić information content (AvgIpc) is 2.12. The number of hydrogen-bond acceptors (Lipinski definition) is 4. The topological polar surface area (TPSA) is 67.5 Å². The zero-order valence-corrected chi connectivity index (χ0v) is 4.00. The molecule has 1 aliphatic rings. The first kappa shape index (κ1) is 5.17. The van der Waals surface area contributed by atoms with Gasteiger partial charge in [-0.15, -0.1) is 0 Å². The Labute approximate surface area is 45.6 Å². The first-order valence-corrected chi connectivity index (χ1v) is 2.10. The highest BCUT2D eigenvalue weighted by molar-refractivity contribution is 5.61. The smallest absolute Gasteiger partial charge is 0.261 e. The zero-order valence-electron chi connectivity index (χ0n) is 4.00. The fourth-order valence-electron chi connectivity index (χ4n) is 0.436. The van der Waals surface area contributed by atoms with Crippen LogP contribution in [0, 0.1) is 10.1 Å². The summed E-state index contributed by atoms with van der Waals surface area (Å²) in [5.41, 5.74) is 0. The van der Waals surface area contributed by atoms with E-state index in [-0.39, 0.29) is 0 Å². The Balaban J connectivity index is 2.48. The van der Waals surface area contributed by atoms with Crippen LogP contribution in [0.3, 0.4) is 0 Å². The van der Waals surface area contributed by atoms with Gasteiger partial charge in [-0.25, -0.2) is 5.32 Å². The number of hydrogen-bond donors (Lipinski definition) is 1. The van der Waals surface area contributed by atoms with Gasteiger partial charge in [0.15, 0.2) is 0 Å². The summed E-state index contributed by atoms with van der Waals surface area (Å²) in [5.74, 6) is 0. The predicted octanol–water partition coefficient (Wildman–Crippen LogP) is -0.902. The van der Waals surface area contributed by atoms with E-state index < -0.39 is 11.2 Å². The molecule has 0 fully saturated rings. The van der Waals surface area contributed by atoms with Crippen LogP contribution in [-0.4, -0.2) is 24.0 Å². The van der Waals surface area contributed by atoms with Crippen molar-refractivity contribution in [2.24, 2.45) is 4.99 Å². The van der Waals surface area contributed by atoms with Crippen molar-refractivity contribution >= 4 is 6.21 Å². The number of aliphatic imine (C=N–C) groups is 1. The predicted molar refractivity (Wildman–Crippen MR) is 26.2 cm³/mol. The summed E-state index contributed by atoms with van der Waals surface area (Å²) in [4.78, 5) is 12.7. The molecule has 0 aromatic rings. The maximum Gasteiger partial charge on any atom is 0.363 e. The van der Waals surface area contributed by atoms with E-state index in [0.717, 1.165) is 0 Å². The van der Waals surface area contributed by atoms with Crippen molar-refractivity contribution in [2.45, 2.75) is 6.29 Å². The molecule has 1 rings (SSSR count). The Morgan fingerprint density at radius 2 is 2.75 bits per heavy atom. The fourth-order valence-corrected chi connectivity index (χ4v) is 0.436. The van der Waals surface area contributed by atoms with Crippen molar-refractivity contribution in [1.82, 2.24) is 5.32 Å². The van der Waals surface area contributed by atoms with Crippen LogP contribution in [0.1, 0.15) is 0 Å². The largest absolute Gasteiger partial charge is 0.363 e. The molecular formula is C3H4N3O2. The van der Waals surface area contributed by atoms with E-state index in [1.807, 2.05) is 0 Å². The van der Waals surface area contributed by atoms with E-state index in [1.165, 1.54) is 0 Å². The maximum atomic E-state index is 9.81. The van der Waals surface area contributed by atoms with Gasteiger partial charge >= 0.3 is 6.29 Å². The van der Waals surface area contributed by atoms with Crippen LogP contribution in [0.4, 0.5) is 0 Å². The van der Waals surface area contributed by atoms with Gasteiger partial charge in [0.2, 0.25) is 0 Å². The molecule has 1 radical (unpaired) electrons. The van der Waals surface area contributed by atoms with Crippen molar-refractivity contribution in [3.63, 3.8) is 0 Å². The SMILES string of the molecule is O=[N+]([O-])C1N=[C]CN1. The van der Waals surface area contributed by atoms with Gasteiger partial charge in [-0.05, 0) is 0 Å². The van der Waals surface area contributed by atoms with Crippen LogP contribution in [0.25, 0.3) is 0 Å². The molecule has 0 spiro atoms. The first-order valence-electron chi connectivity index (χ1n) is 2.10. The molecule has 0 aromatic heterocycles. The minimum Gasteiger partial charge on any atom is -0.261 e. The molecule has 0 aromatic carbocycles. The Morgan fingerprint density at radius 3 is 3.00 bits per heavy atom. The van der Waals surface area contributed by atoms with E-state index in [9.17, 15) is 10.1 Å². The molecule has 1 N–H and O–H groups in total. The number of nitro groups is 1. The highest BCUT2D eigenvalue weighted by atomic mass is 16.6. The Bertz CT molecular complexity index is 132. The molecule has 0 aliphatic carbocycles. The first-order chi connectivity index (χ1) is 3.80. The molecule has 1 unspecified atom stereocenters. The van der Waals surface area contributed by atoms with Crippen LogP contribution in [0.5, 0.6) is 0 Å². The highest BCUT2D eigenvalue weighted by Gasteiger charge is 2.19. The van der Waals surface area contributed by atoms with Crippen molar-refractivity contribution in [3.8, 4) is 0 Å². The molecule has 0 saturated carbocycles. The standard InChI is InChI=1S/C3H4N3O2/c7-6(8)3-4-1-2-5-3/h3-4H,1H2. The van der Waals surface area contributed by atoms with Gasteiger partial charge in [-0.3, -0.25) is 10.1 Å². The normalized spacial score (nSPS) is 26.2. The maximum absolute atomic E-state index is 9.81. The minimum atomic E-state index is -0.949. The second-order valence-electron chi connectivity index (χ2n) is 1.33. The summed E-state index contributed by atoms with van der Waals surface area (Å²) in [7, 11) is 0. The van der Waals surface area contributed by atoms with E-state index >= 15 is 0 Å². The molecular weight excluding hydrogens is 110 g/mol. The van der Waals surface area contributed by atoms with Crippen molar-refractivity contribution in [1.29, 1.82) is 0 Å². The molecule has 0 bridgehead atoms. The van der Waals surface area contributed by atoms with Gasteiger partial charge < -0.3 is 0 Å².